The van der Waals surface area contributed by atoms with Crippen molar-refractivity contribution < 1.29 is 4.39 Å². The van der Waals surface area contributed by atoms with E-state index in [1.54, 1.807) is 19.2 Å². The van der Waals surface area contributed by atoms with Crippen molar-refractivity contribution in [1.82, 2.24) is 9.38 Å². The lowest BCUT2D eigenvalue weighted by Gasteiger charge is -1.96. The molecule has 0 fully saturated rings. The first kappa shape index (κ1) is 7.55. The Kier molecular flexibility index (Phi) is 1.54. The largest absolute Gasteiger partial charge is 0.275 e. The van der Waals surface area contributed by atoms with Crippen molar-refractivity contribution >= 4 is 17.2 Å². The first-order valence-electron chi connectivity index (χ1n) is 3.48. The number of rotatable bonds is 0. The van der Waals surface area contributed by atoms with Crippen LogP contribution in [0.4, 0.5) is 4.39 Å². The van der Waals surface area contributed by atoms with Crippen LogP contribution in [-0.2, 0) is 0 Å². The Morgan fingerprint density at radius 1 is 1.50 bits per heavy atom. The third-order valence-electron chi connectivity index (χ3n) is 1.64. The summed E-state index contributed by atoms with van der Waals surface area (Å²) in [5, 5.41) is 0.111. The van der Waals surface area contributed by atoms with Crippen LogP contribution < -0.4 is 0 Å². The van der Waals surface area contributed by atoms with Gasteiger partial charge in [-0.1, -0.05) is 11.6 Å². The van der Waals surface area contributed by atoms with Crippen molar-refractivity contribution in [2.24, 2.45) is 0 Å². The van der Waals surface area contributed by atoms with Crippen LogP contribution in [0.2, 0.25) is 5.02 Å². The molecule has 0 N–H and O–H groups in total. The molecule has 0 bridgehead atoms. The van der Waals surface area contributed by atoms with E-state index in [1.165, 1.54) is 10.5 Å². The van der Waals surface area contributed by atoms with Crippen molar-refractivity contribution in [2.45, 2.75) is 6.92 Å². The lowest BCUT2D eigenvalue weighted by Crippen LogP contribution is -1.90. The van der Waals surface area contributed by atoms with Gasteiger partial charge in [-0.2, -0.15) is 4.39 Å². The fraction of sp³-hybridized carbons (Fsp3) is 0.125. The van der Waals surface area contributed by atoms with Crippen LogP contribution in [0.1, 0.15) is 5.69 Å². The minimum atomic E-state index is -0.463. The molecule has 0 aliphatic heterocycles. The van der Waals surface area contributed by atoms with Crippen molar-refractivity contribution in [3.63, 3.8) is 0 Å². The van der Waals surface area contributed by atoms with Crippen LogP contribution in [0.15, 0.2) is 18.3 Å². The van der Waals surface area contributed by atoms with Crippen molar-refractivity contribution in [2.75, 3.05) is 0 Å². The fourth-order valence-corrected chi connectivity index (χ4v) is 1.28. The Morgan fingerprint density at radius 3 is 3.00 bits per heavy atom. The Balaban J connectivity index is 2.89. The molecule has 0 aliphatic rings. The van der Waals surface area contributed by atoms with E-state index in [1.807, 2.05) is 0 Å². The number of aromatic nitrogens is 2. The summed E-state index contributed by atoms with van der Waals surface area (Å²) >= 11 is 5.57. The summed E-state index contributed by atoms with van der Waals surface area (Å²) in [5.41, 5.74) is 1.35. The molecule has 0 aromatic carbocycles. The summed E-state index contributed by atoms with van der Waals surface area (Å²) < 4.78 is 14.5. The van der Waals surface area contributed by atoms with Gasteiger partial charge in [-0.25, -0.2) is 4.98 Å². The average molecular weight is 185 g/mol. The van der Waals surface area contributed by atoms with E-state index >= 15 is 0 Å². The summed E-state index contributed by atoms with van der Waals surface area (Å²) in [6.07, 6.45) is 1.61. The lowest BCUT2D eigenvalue weighted by molar-refractivity contribution is 0.568. The summed E-state index contributed by atoms with van der Waals surface area (Å²) in [7, 11) is 0. The van der Waals surface area contributed by atoms with Crippen LogP contribution in [0.3, 0.4) is 0 Å². The molecule has 0 radical (unpaired) electrons. The molecule has 62 valence electrons. The second-order valence-corrected chi connectivity index (χ2v) is 2.99. The van der Waals surface area contributed by atoms with Gasteiger partial charge >= 0.3 is 0 Å². The summed E-state index contributed by atoms with van der Waals surface area (Å²) in [6.45, 7) is 1.81. The minimum Gasteiger partial charge on any atom is -0.275 e. The van der Waals surface area contributed by atoms with Gasteiger partial charge in [0, 0.05) is 6.20 Å². The van der Waals surface area contributed by atoms with Gasteiger partial charge in [0.25, 0.3) is 0 Å². The first-order chi connectivity index (χ1) is 5.68. The monoisotopic (exact) mass is 184 g/mol. The van der Waals surface area contributed by atoms with E-state index in [-0.39, 0.29) is 5.02 Å². The molecule has 2 aromatic heterocycles. The van der Waals surface area contributed by atoms with Gasteiger partial charge in [0.1, 0.15) is 5.65 Å². The van der Waals surface area contributed by atoms with Gasteiger partial charge in [-0.3, -0.25) is 4.40 Å². The molecule has 2 nitrogen and oxygen atoms in total. The van der Waals surface area contributed by atoms with Gasteiger partial charge < -0.3 is 0 Å². The highest BCUT2D eigenvalue weighted by atomic mass is 35.5. The standard InChI is InChI=1S/C8H6ClFN2/c1-5-4-12-7(11-5)3-2-6(9)8(12)10/h2-4H,1H3. The predicted octanol–water partition coefficient (Wildman–Crippen LogP) is 2.44. The minimum absolute atomic E-state index is 0.111. The van der Waals surface area contributed by atoms with Gasteiger partial charge in [0.05, 0.1) is 10.7 Å². The molecule has 4 heteroatoms. The Hall–Kier alpha value is -1.09. The lowest BCUT2D eigenvalue weighted by atomic mass is 10.5. The van der Waals surface area contributed by atoms with Crippen LogP contribution in [0, 0.1) is 12.9 Å². The zero-order valence-electron chi connectivity index (χ0n) is 6.38. The number of hydrogen-bond donors (Lipinski definition) is 0. The maximum atomic E-state index is 13.2. The maximum Gasteiger partial charge on any atom is 0.218 e. The Labute approximate surface area is 73.6 Å². The normalized spacial score (nSPS) is 10.9. The highest BCUT2D eigenvalue weighted by Crippen LogP contribution is 2.16. The SMILES string of the molecule is Cc1cn2c(F)c(Cl)ccc2n1. The van der Waals surface area contributed by atoms with Gasteiger partial charge in [0.2, 0.25) is 5.95 Å². The number of nitrogens with zero attached hydrogens (tertiary/aromatic N) is 2. The molecule has 0 saturated heterocycles. The zero-order chi connectivity index (χ0) is 8.72. The summed E-state index contributed by atoms with van der Waals surface area (Å²) in [4.78, 5) is 4.08. The highest BCUT2D eigenvalue weighted by molar-refractivity contribution is 6.30. The summed E-state index contributed by atoms with van der Waals surface area (Å²) in [6, 6.07) is 3.18. The van der Waals surface area contributed by atoms with Crippen LogP contribution >= 0.6 is 11.6 Å². The third kappa shape index (κ3) is 0.975. The van der Waals surface area contributed by atoms with Crippen LogP contribution in [0.25, 0.3) is 5.65 Å². The summed E-state index contributed by atoms with van der Waals surface area (Å²) in [5.74, 6) is -0.463. The van der Waals surface area contributed by atoms with Crippen molar-refractivity contribution in [3.05, 3.63) is 35.0 Å². The van der Waals surface area contributed by atoms with E-state index in [0.717, 1.165) is 5.69 Å². The quantitative estimate of drug-likeness (QED) is 0.575. The molecule has 2 rings (SSSR count). The average Bonchev–Trinajstić information content (AvgIpc) is 2.39. The molecule has 2 heterocycles. The molecule has 0 atom stereocenters. The molecule has 2 aromatic rings. The molecule has 0 unspecified atom stereocenters. The van der Waals surface area contributed by atoms with Gasteiger partial charge in [-0.05, 0) is 19.1 Å². The molecular formula is C8H6ClFN2. The topological polar surface area (TPSA) is 17.3 Å². The van der Waals surface area contributed by atoms with Crippen LogP contribution in [-0.4, -0.2) is 9.38 Å². The Bertz CT molecular complexity index is 436. The highest BCUT2D eigenvalue weighted by Gasteiger charge is 2.05. The van der Waals surface area contributed by atoms with Gasteiger partial charge in [-0.15, -0.1) is 0 Å². The van der Waals surface area contributed by atoms with E-state index in [4.69, 9.17) is 11.6 Å². The predicted molar refractivity (Wildman–Crippen MR) is 44.9 cm³/mol. The molecular weight excluding hydrogens is 179 g/mol. The number of imidazole rings is 1. The second-order valence-electron chi connectivity index (χ2n) is 2.58. The van der Waals surface area contributed by atoms with E-state index in [2.05, 4.69) is 4.98 Å². The number of pyridine rings is 1. The van der Waals surface area contributed by atoms with Crippen LogP contribution in [0.5, 0.6) is 0 Å². The molecule has 0 aliphatic carbocycles. The molecule has 0 amide bonds. The number of aryl methyl sites for hydroxylation is 1. The smallest absolute Gasteiger partial charge is 0.218 e. The van der Waals surface area contributed by atoms with E-state index in [0.29, 0.717) is 5.65 Å². The van der Waals surface area contributed by atoms with E-state index < -0.39 is 5.95 Å². The van der Waals surface area contributed by atoms with E-state index in [9.17, 15) is 4.39 Å². The molecule has 12 heavy (non-hydrogen) atoms. The first-order valence-corrected chi connectivity index (χ1v) is 3.86. The molecule has 0 saturated carbocycles. The van der Waals surface area contributed by atoms with Gasteiger partial charge in [0.15, 0.2) is 0 Å². The maximum absolute atomic E-state index is 13.2. The number of fused-ring (bicyclic) bond motifs is 1. The molecule has 0 spiro atoms. The second kappa shape index (κ2) is 2.45. The number of hydrogen-bond acceptors (Lipinski definition) is 1. The fourth-order valence-electron chi connectivity index (χ4n) is 1.12. The third-order valence-corrected chi connectivity index (χ3v) is 1.92. The number of halogens is 2. The van der Waals surface area contributed by atoms with Crippen molar-refractivity contribution in [3.8, 4) is 0 Å². The zero-order valence-corrected chi connectivity index (χ0v) is 7.14. The van der Waals surface area contributed by atoms with Crippen molar-refractivity contribution in [1.29, 1.82) is 0 Å². The Morgan fingerprint density at radius 2 is 2.25 bits per heavy atom.